The highest BCUT2D eigenvalue weighted by Crippen LogP contribution is 2.21. The monoisotopic (exact) mass is 369 g/mol. The quantitative estimate of drug-likeness (QED) is 0.808. The molecule has 2 aromatic heterocycles. The number of fused-ring (bicyclic) bond motifs is 1. The molecule has 4 rings (SSSR count). The van der Waals surface area contributed by atoms with Crippen molar-refractivity contribution in [2.45, 2.75) is 51.6 Å². The van der Waals surface area contributed by atoms with Crippen LogP contribution in [0.3, 0.4) is 0 Å². The van der Waals surface area contributed by atoms with Crippen molar-refractivity contribution in [3.05, 3.63) is 56.1 Å². The van der Waals surface area contributed by atoms with E-state index in [1.54, 1.807) is 30.2 Å². The van der Waals surface area contributed by atoms with Gasteiger partial charge >= 0.3 is 0 Å². The van der Waals surface area contributed by atoms with E-state index in [1.165, 1.54) is 17.4 Å². The summed E-state index contributed by atoms with van der Waals surface area (Å²) in [5, 5.41) is 4.66. The first kappa shape index (κ1) is 18.1. The Labute approximate surface area is 158 Å². The molecule has 1 saturated heterocycles. The van der Waals surface area contributed by atoms with Crippen molar-refractivity contribution in [3.8, 4) is 0 Å². The van der Waals surface area contributed by atoms with E-state index in [-0.39, 0.29) is 11.1 Å². The summed E-state index contributed by atoms with van der Waals surface area (Å²) < 4.78 is 3.17. The van der Waals surface area contributed by atoms with Crippen molar-refractivity contribution in [1.82, 2.24) is 24.2 Å². The van der Waals surface area contributed by atoms with Crippen molar-refractivity contribution in [3.63, 3.8) is 0 Å². The minimum Gasteiger partial charge on any atom is -0.302 e. The molecule has 0 N–H and O–H groups in total. The highest BCUT2D eigenvalue weighted by atomic mass is 16.1. The van der Waals surface area contributed by atoms with Gasteiger partial charge in [-0.05, 0) is 63.1 Å². The molecule has 0 bridgehead atoms. The van der Waals surface area contributed by atoms with Gasteiger partial charge in [0.1, 0.15) is 0 Å². The number of likely N-dealkylation sites (tertiary alicyclic amines) is 1. The van der Waals surface area contributed by atoms with Crippen LogP contribution in [-0.4, -0.2) is 37.3 Å². The summed E-state index contributed by atoms with van der Waals surface area (Å²) in [6.07, 6.45) is 7.99. The fraction of sp³-hybridized carbons (Fsp3) is 0.600. The lowest BCUT2D eigenvalue weighted by Crippen LogP contribution is -2.37. The van der Waals surface area contributed by atoms with Crippen LogP contribution in [0.15, 0.2) is 28.0 Å². The normalized spacial score (nSPS) is 18.4. The van der Waals surface area contributed by atoms with Crippen LogP contribution < -0.4 is 11.1 Å². The van der Waals surface area contributed by atoms with Gasteiger partial charge in [-0.3, -0.25) is 14.5 Å². The molecule has 1 fully saturated rings. The summed E-state index contributed by atoms with van der Waals surface area (Å²) in [6, 6.07) is 3.42. The second kappa shape index (κ2) is 7.76. The Balaban J connectivity index is 1.35. The third-order valence-corrected chi connectivity index (χ3v) is 5.83. The molecule has 0 amide bonds. The van der Waals surface area contributed by atoms with E-state index in [0.29, 0.717) is 19.0 Å². The maximum Gasteiger partial charge on any atom is 0.267 e. The van der Waals surface area contributed by atoms with E-state index >= 15 is 0 Å². The highest BCUT2D eigenvalue weighted by Gasteiger charge is 2.22. The lowest BCUT2D eigenvalue weighted by Gasteiger charge is -2.31. The van der Waals surface area contributed by atoms with Crippen LogP contribution in [-0.2, 0) is 33.0 Å². The third-order valence-electron chi connectivity index (χ3n) is 5.83. The molecule has 0 saturated carbocycles. The first-order valence-corrected chi connectivity index (χ1v) is 9.92. The molecule has 0 spiro atoms. The van der Waals surface area contributed by atoms with Gasteiger partial charge in [-0.2, -0.15) is 5.10 Å². The average Bonchev–Trinajstić information content (AvgIpc) is 2.67. The van der Waals surface area contributed by atoms with Gasteiger partial charge in [-0.1, -0.05) is 0 Å². The van der Waals surface area contributed by atoms with Gasteiger partial charge < -0.3 is 4.57 Å². The summed E-state index contributed by atoms with van der Waals surface area (Å²) in [7, 11) is 1.71. The molecule has 0 radical (unpaired) electrons. The van der Waals surface area contributed by atoms with E-state index in [1.807, 2.05) is 0 Å². The minimum absolute atomic E-state index is 0.0206. The van der Waals surface area contributed by atoms with Crippen LogP contribution in [0.2, 0.25) is 0 Å². The van der Waals surface area contributed by atoms with Crippen LogP contribution in [0, 0.1) is 5.92 Å². The zero-order chi connectivity index (χ0) is 18.8. The van der Waals surface area contributed by atoms with Gasteiger partial charge in [-0.15, -0.1) is 0 Å². The van der Waals surface area contributed by atoms with E-state index in [4.69, 9.17) is 0 Å². The van der Waals surface area contributed by atoms with Crippen LogP contribution >= 0.6 is 0 Å². The lowest BCUT2D eigenvalue weighted by molar-refractivity contribution is 0.161. The minimum atomic E-state index is -0.0206. The lowest BCUT2D eigenvalue weighted by atomic mass is 9.95. The Morgan fingerprint density at radius 1 is 1.07 bits per heavy atom. The molecule has 7 nitrogen and oxygen atoms in total. The maximum absolute atomic E-state index is 12.4. The summed E-state index contributed by atoms with van der Waals surface area (Å²) in [6.45, 7) is 3.34. The molecule has 2 aliphatic rings. The Kier molecular flexibility index (Phi) is 5.20. The second-order valence-electron chi connectivity index (χ2n) is 7.89. The Hall–Kier alpha value is -2.28. The zero-order valence-electron chi connectivity index (χ0n) is 15.9. The Morgan fingerprint density at radius 2 is 1.85 bits per heavy atom. The topological polar surface area (TPSA) is 73.0 Å². The predicted octanol–water partition coefficient (Wildman–Crippen LogP) is 1.13. The largest absolute Gasteiger partial charge is 0.302 e. The highest BCUT2D eigenvalue weighted by molar-refractivity contribution is 5.20. The van der Waals surface area contributed by atoms with Gasteiger partial charge in [0, 0.05) is 32.3 Å². The number of hydrogen-bond acceptors (Lipinski definition) is 5. The molecule has 1 aliphatic carbocycles. The van der Waals surface area contributed by atoms with Crippen molar-refractivity contribution in [2.75, 3.05) is 13.1 Å². The number of nitrogens with zero attached hydrogens (tertiary/aromatic N) is 5. The summed E-state index contributed by atoms with van der Waals surface area (Å²) in [5.74, 6) is 0.477. The van der Waals surface area contributed by atoms with Crippen LogP contribution in [0.1, 0.15) is 42.6 Å². The van der Waals surface area contributed by atoms with Gasteiger partial charge in [0.05, 0.1) is 17.7 Å². The Bertz CT molecular complexity index is 925. The molecule has 3 heterocycles. The van der Waals surface area contributed by atoms with E-state index in [9.17, 15) is 9.59 Å². The summed E-state index contributed by atoms with van der Waals surface area (Å²) in [4.78, 5) is 30.8. The van der Waals surface area contributed by atoms with Crippen molar-refractivity contribution < 1.29 is 0 Å². The fourth-order valence-corrected chi connectivity index (χ4v) is 4.12. The molecule has 144 valence electrons. The second-order valence-corrected chi connectivity index (χ2v) is 7.89. The van der Waals surface area contributed by atoms with Crippen molar-refractivity contribution in [1.29, 1.82) is 0 Å². The van der Waals surface area contributed by atoms with E-state index in [0.717, 1.165) is 55.7 Å². The molecular weight excluding hydrogens is 342 g/mol. The Morgan fingerprint density at radius 3 is 2.63 bits per heavy atom. The standard InChI is InChI=1S/C20H27N5O2/c1-23-14-21-17(11-19(23)26)13-24-8-6-15(7-9-24)12-25-20(27)10-16-4-2-3-5-18(16)22-25/h10-11,14-15H,2-9,12-13H2,1H3. The fourth-order valence-electron chi connectivity index (χ4n) is 4.12. The number of aryl methyl sites for hydroxylation is 3. The van der Waals surface area contributed by atoms with Gasteiger partial charge in [0.2, 0.25) is 0 Å². The van der Waals surface area contributed by atoms with Crippen LogP contribution in [0.4, 0.5) is 0 Å². The SMILES string of the molecule is Cn1cnc(CN2CCC(Cn3nc4c(cc3=O)CCCC4)CC2)cc1=O. The molecule has 7 heteroatoms. The zero-order valence-corrected chi connectivity index (χ0v) is 15.9. The van der Waals surface area contributed by atoms with E-state index in [2.05, 4.69) is 15.0 Å². The first-order valence-electron chi connectivity index (χ1n) is 9.92. The third kappa shape index (κ3) is 4.18. The molecule has 0 aromatic carbocycles. The predicted molar refractivity (Wildman–Crippen MR) is 103 cm³/mol. The molecule has 27 heavy (non-hydrogen) atoms. The van der Waals surface area contributed by atoms with Crippen molar-refractivity contribution in [2.24, 2.45) is 13.0 Å². The summed E-state index contributed by atoms with van der Waals surface area (Å²) >= 11 is 0. The van der Waals surface area contributed by atoms with E-state index < -0.39 is 0 Å². The van der Waals surface area contributed by atoms with Crippen LogP contribution in [0.5, 0.6) is 0 Å². The number of aromatic nitrogens is 4. The molecule has 1 aliphatic heterocycles. The van der Waals surface area contributed by atoms with Gasteiger partial charge in [0.25, 0.3) is 11.1 Å². The smallest absolute Gasteiger partial charge is 0.267 e. The molecular formula is C20H27N5O2. The van der Waals surface area contributed by atoms with Gasteiger partial charge in [-0.25, -0.2) is 9.67 Å². The maximum atomic E-state index is 12.4. The average molecular weight is 369 g/mol. The number of piperidine rings is 1. The number of rotatable bonds is 4. The first-order chi connectivity index (χ1) is 13.1. The number of hydrogen-bond donors (Lipinski definition) is 0. The molecule has 0 unspecified atom stereocenters. The molecule has 2 aromatic rings. The van der Waals surface area contributed by atoms with Crippen LogP contribution in [0.25, 0.3) is 0 Å². The van der Waals surface area contributed by atoms with Crippen molar-refractivity contribution >= 4 is 0 Å². The van der Waals surface area contributed by atoms with Gasteiger partial charge in [0.15, 0.2) is 0 Å². The summed E-state index contributed by atoms with van der Waals surface area (Å²) in [5.41, 5.74) is 3.12. The molecule has 0 atom stereocenters.